The van der Waals surface area contributed by atoms with Gasteiger partial charge in [0.1, 0.15) is 0 Å². The molecule has 0 amide bonds. The second kappa shape index (κ2) is 2.29. The average Bonchev–Trinajstić information content (AvgIpc) is 2.05. The van der Waals surface area contributed by atoms with Gasteiger partial charge in [0.15, 0.2) is 0 Å². The van der Waals surface area contributed by atoms with Gasteiger partial charge in [-0.15, -0.1) is 0 Å². The van der Waals surface area contributed by atoms with E-state index in [1.165, 1.54) is 0 Å². The van der Waals surface area contributed by atoms with Crippen molar-refractivity contribution in [1.82, 2.24) is 4.98 Å². The van der Waals surface area contributed by atoms with Crippen LogP contribution in [0.4, 0.5) is 0 Å². The number of nitrogens with zero attached hydrogens (tertiary/aromatic N) is 1. The van der Waals surface area contributed by atoms with Crippen LogP contribution in [0.25, 0.3) is 0 Å². The van der Waals surface area contributed by atoms with E-state index in [4.69, 9.17) is 4.74 Å². The quantitative estimate of drug-likeness (QED) is 0.532. The van der Waals surface area contributed by atoms with Crippen LogP contribution in [0.15, 0.2) is 12.3 Å². The molecule has 0 bridgehead atoms. The molecule has 0 spiro atoms. The number of hydrogen-bond donors (Lipinski definition) is 0. The molecule has 0 aromatic carbocycles. The summed E-state index contributed by atoms with van der Waals surface area (Å²) in [7, 11) is 0. The van der Waals surface area contributed by atoms with Gasteiger partial charge < -0.3 is 4.74 Å². The summed E-state index contributed by atoms with van der Waals surface area (Å²) >= 11 is 0. The predicted molar refractivity (Wildman–Crippen MR) is 36.9 cm³/mol. The summed E-state index contributed by atoms with van der Waals surface area (Å²) in [6.07, 6.45) is 3.86. The normalized spacial score (nSPS) is 15.6. The predicted octanol–water partition coefficient (Wildman–Crippen LogP) is 1.21. The SMILES string of the molecule is [c]1ccnc2c1CCCO2. The van der Waals surface area contributed by atoms with Crippen LogP contribution in [0, 0.1) is 6.07 Å². The number of rotatable bonds is 0. The van der Waals surface area contributed by atoms with Gasteiger partial charge in [0.05, 0.1) is 6.61 Å². The van der Waals surface area contributed by atoms with E-state index < -0.39 is 0 Å². The van der Waals surface area contributed by atoms with Crippen LogP contribution >= 0.6 is 0 Å². The Morgan fingerprint density at radius 1 is 1.60 bits per heavy atom. The van der Waals surface area contributed by atoms with Gasteiger partial charge in [0.2, 0.25) is 5.88 Å². The van der Waals surface area contributed by atoms with E-state index in [9.17, 15) is 0 Å². The minimum atomic E-state index is 0.772. The van der Waals surface area contributed by atoms with Gasteiger partial charge in [-0.3, -0.25) is 0 Å². The molecule has 2 nitrogen and oxygen atoms in total. The lowest BCUT2D eigenvalue weighted by Crippen LogP contribution is -2.09. The second-order valence-electron chi connectivity index (χ2n) is 2.32. The Hall–Kier alpha value is -1.05. The van der Waals surface area contributed by atoms with Crippen molar-refractivity contribution in [3.8, 4) is 5.88 Å². The summed E-state index contributed by atoms with van der Waals surface area (Å²) in [6.45, 7) is 0.803. The van der Waals surface area contributed by atoms with Crippen molar-refractivity contribution in [3.05, 3.63) is 23.9 Å². The molecule has 1 aromatic rings. The lowest BCUT2D eigenvalue weighted by atomic mass is 10.1. The van der Waals surface area contributed by atoms with Crippen LogP contribution in [0.5, 0.6) is 5.88 Å². The molecular weight excluding hydrogens is 126 g/mol. The number of pyridine rings is 1. The maximum Gasteiger partial charge on any atom is 0.217 e. The Labute approximate surface area is 59.9 Å². The molecule has 2 rings (SSSR count). The van der Waals surface area contributed by atoms with Gasteiger partial charge in [-0.2, -0.15) is 0 Å². The van der Waals surface area contributed by atoms with Crippen molar-refractivity contribution >= 4 is 0 Å². The zero-order valence-electron chi connectivity index (χ0n) is 5.63. The summed E-state index contributed by atoms with van der Waals surface area (Å²) in [5.74, 6) is 0.772. The van der Waals surface area contributed by atoms with Crippen LogP contribution in [-0.2, 0) is 6.42 Å². The average molecular weight is 134 g/mol. The molecule has 0 saturated heterocycles. The van der Waals surface area contributed by atoms with Crippen molar-refractivity contribution in [2.45, 2.75) is 12.8 Å². The molecule has 1 aliphatic heterocycles. The molecule has 0 atom stereocenters. The minimum Gasteiger partial charge on any atom is -0.477 e. The molecule has 0 saturated carbocycles. The van der Waals surface area contributed by atoms with E-state index in [1.54, 1.807) is 6.20 Å². The molecule has 0 fully saturated rings. The molecule has 0 unspecified atom stereocenters. The summed E-state index contributed by atoms with van der Waals surface area (Å²) in [6, 6.07) is 4.93. The molecule has 1 aromatic heterocycles. The van der Waals surface area contributed by atoms with Gasteiger partial charge in [-0.25, -0.2) is 4.98 Å². The van der Waals surface area contributed by atoms with E-state index in [1.807, 2.05) is 6.07 Å². The van der Waals surface area contributed by atoms with Gasteiger partial charge in [-0.05, 0) is 25.0 Å². The largest absolute Gasteiger partial charge is 0.477 e. The monoisotopic (exact) mass is 134 g/mol. The van der Waals surface area contributed by atoms with Crippen LogP contribution in [0.1, 0.15) is 12.0 Å². The highest BCUT2D eigenvalue weighted by Crippen LogP contribution is 2.19. The lowest BCUT2D eigenvalue weighted by Gasteiger charge is -2.13. The molecule has 2 heteroatoms. The summed E-state index contributed by atoms with van der Waals surface area (Å²) < 4.78 is 5.28. The topological polar surface area (TPSA) is 22.1 Å². The highest BCUT2D eigenvalue weighted by molar-refractivity contribution is 5.25. The highest BCUT2D eigenvalue weighted by Gasteiger charge is 2.09. The summed E-state index contributed by atoms with van der Waals surface area (Å²) in [5, 5.41) is 0. The Morgan fingerprint density at radius 2 is 2.60 bits per heavy atom. The maximum absolute atomic E-state index is 5.28. The van der Waals surface area contributed by atoms with Crippen LogP contribution < -0.4 is 4.74 Å². The van der Waals surface area contributed by atoms with E-state index in [0.29, 0.717) is 0 Å². The molecule has 0 aliphatic carbocycles. The third-order valence-electron chi connectivity index (χ3n) is 1.59. The molecule has 1 aliphatic rings. The first-order valence-corrected chi connectivity index (χ1v) is 3.45. The first-order valence-electron chi connectivity index (χ1n) is 3.45. The van der Waals surface area contributed by atoms with Crippen LogP contribution in [0.3, 0.4) is 0 Å². The molecule has 51 valence electrons. The molecule has 2 heterocycles. The van der Waals surface area contributed by atoms with Crippen molar-refractivity contribution in [2.75, 3.05) is 6.61 Å². The Kier molecular flexibility index (Phi) is 1.31. The molecule has 0 N–H and O–H groups in total. The molecule has 1 radical (unpaired) electrons. The highest BCUT2D eigenvalue weighted by atomic mass is 16.5. The van der Waals surface area contributed by atoms with Crippen molar-refractivity contribution in [2.24, 2.45) is 0 Å². The maximum atomic E-state index is 5.28. The summed E-state index contributed by atoms with van der Waals surface area (Å²) in [5.41, 5.74) is 1.12. The first-order chi connectivity index (χ1) is 4.97. The zero-order valence-corrected chi connectivity index (χ0v) is 5.63. The zero-order chi connectivity index (χ0) is 6.81. The van der Waals surface area contributed by atoms with Gasteiger partial charge in [0, 0.05) is 11.8 Å². The number of fused-ring (bicyclic) bond motifs is 1. The fourth-order valence-corrected chi connectivity index (χ4v) is 1.10. The van der Waals surface area contributed by atoms with E-state index >= 15 is 0 Å². The lowest BCUT2D eigenvalue weighted by molar-refractivity contribution is 0.276. The Bertz CT molecular complexity index is 209. The van der Waals surface area contributed by atoms with E-state index in [-0.39, 0.29) is 0 Å². The Balaban J connectivity index is 2.41. The van der Waals surface area contributed by atoms with Crippen LogP contribution in [0.2, 0.25) is 0 Å². The summed E-state index contributed by atoms with van der Waals surface area (Å²) in [4.78, 5) is 4.07. The minimum absolute atomic E-state index is 0.772. The second-order valence-corrected chi connectivity index (χ2v) is 2.32. The van der Waals surface area contributed by atoms with Gasteiger partial charge in [0.25, 0.3) is 0 Å². The Morgan fingerprint density at radius 3 is 3.50 bits per heavy atom. The standard InChI is InChI=1S/C8H8NO/c1-3-7-4-2-6-10-8(7)9-5-1/h1,5H,2,4,6H2. The van der Waals surface area contributed by atoms with Gasteiger partial charge in [-0.1, -0.05) is 0 Å². The van der Waals surface area contributed by atoms with E-state index in [0.717, 1.165) is 30.9 Å². The van der Waals surface area contributed by atoms with Gasteiger partial charge >= 0.3 is 0 Å². The number of ether oxygens (including phenoxy) is 1. The third kappa shape index (κ3) is 0.856. The molecule has 10 heavy (non-hydrogen) atoms. The number of aryl methyl sites for hydroxylation is 1. The van der Waals surface area contributed by atoms with Crippen molar-refractivity contribution < 1.29 is 4.74 Å². The number of hydrogen-bond acceptors (Lipinski definition) is 2. The fraction of sp³-hybridized carbons (Fsp3) is 0.375. The van der Waals surface area contributed by atoms with Crippen molar-refractivity contribution in [3.63, 3.8) is 0 Å². The molecular formula is C8H8NO. The van der Waals surface area contributed by atoms with E-state index in [2.05, 4.69) is 11.1 Å². The van der Waals surface area contributed by atoms with Crippen molar-refractivity contribution in [1.29, 1.82) is 0 Å². The smallest absolute Gasteiger partial charge is 0.217 e. The third-order valence-corrected chi connectivity index (χ3v) is 1.59. The fourth-order valence-electron chi connectivity index (χ4n) is 1.10. The number of aromatic nitrogens is 1. The van der Waals surface area contributed by atoms with Crippen LogP contribution in [-0.4, -0.2) is 11.6 Å². The first kappa shape index (κ1) is 5.71.